The highest BCUT2D eigenvalue weighted by molar-refractivity contribution is 5.78. The van der Waals surface area contributed by atoms with Crippen LogP contribution in [0.25, 0.3) is 0 Å². The molecule has 7 rings (SSSR count). The van der Waals surface area contributed by atoms with Crippen LogP contribution in [0.5, 0.6) is 0 Å². The second-order valence-corrected chi connectivity index (χ2v) is 21.5. The molecule has 16 nitrogen and oxygen atoms in total. The Morgan fingerprint density at radius 3 is 1.92 bits per heavy atom. The first-order valence-electron chi connectivity index (χ1n) is 21.9. The van der Waals surface area contributed by atoms with Crippen molar-refractivity contribution in [2.24, 2.45) is 56.2 Å². The van der Waals surface area contributed by atoms with E-state index in [0.29, 0.717) is 32.1 Å². The van der Waals surface area contributed by atoms with E-state index in [2.05, 4.69) is 46.8 Å². The fourth-order valence-corrected chi connectivity index (χ4v) is 13.9. The maximum absolute atomic E-state index is 14.9. The summed E-state index contributed by atoms with van der Waals surface area (Å²) in [6.07, 6.45) is -10.4. The third-order valence-corrected chi connectivity index (χ3v) is 17.7. The van der Waals surface area contributed by atoms with Gasteiger partial charge in [-0.3, -0.25) is 9.59 Å². The van der Waals surface area contributed by atoms with Crippen LogP contribution in [0.3, 0.4) is 0 Å². The SMILES string of the molecule is CC(=O)OC1CC2(C)C(CCC3(C)C2C=CC2C4C(O)C(C)(C)CCC4(C(=O)OC4OC(COC5OC(CO)C(O)C(O)C5O)C(O)C(O)C4O)CCC23C)C(C)(C)C1O. The maximum Gasteiger partial charge on any atom is 0.314 e. The van der Waals surface area contributed by atoms with Gasteiger partial charge in [0.1, 0.15) is 54.9 Å². The predicted molar refractivity (Wildman–Crippen MR) is 210 cm³/mol. The van der Waals surface area contributed by atoms with Crippen molar-refractivity contribution in [1.29, 1.82) is 0 Å². The third-order valence-electron chi connectivity index (χ3n) is 17.7. The van der Waals surface area contributed by atoms with Gasteiger partial charge >= 0.3 is 11.9 Å². The van der Waals surface area contributed by atoms with Crippen molar-refractivity contribution in [1.82, 2.24) is 0 Å². The molecule has 342 valence electrons. The molecule has 0 aromatic carbocycles. The van der Waals surface area contributed by atoms with E-state index in [9.17, 15) is 55.5 Å². The molecule has 21 unspecified atom stereocenters. The molecule has 2 aliphatic heterocycles. The summed E-state index contributed by atoms with van der Waals surface area (Å²) in [5, 5.41) is 97.2. The highest BCUT2D eigenvalue weighted by atomic mass is 16.7. The predicted octanol–water partition coefficient (Wildman–Crippen LogP) is 0.685. The molecule has 5 aliphatic carbocycles. The Kier molecular flexibility index (Phi) is 12.1. The molecule has 7 aliphatic rings. The van der Waals surface area contributed by atoms with Gasteiger partial charge in [-0.25, -0.2) is 0 Å². The zero-order valence-corrected chi connectivity index (χ0v) is 36.2. The van der Waals surface area contributed by atoms with Gasteiger partial charge < -0.3 is 69.6 Å². The summed E-state index contributed by atoms with van der Waals surface area (Å²) in [6.45, 7) is 15.1. The largest absolute Gasteiger partial charge is 0.460 e. The second-order valence-electron chi connectivity index (χ2n) is 21.5. The number of hydrogen-bond acceptors (Lipinski definition) is 16. The quantitative estimate of drug-likeness (QED) is 0.126. The van der Waals surface area contributed by atoms with E-state index in [4.69, 9.17) is 23.7 Å². The van der Waals surface area contributed by atoms with E-state index in [1.54, 1.807) is 0 Å². The molecule has 16 heteroatoms. The molecule has 60 heavy (non-hydrogen) atoms. The van der Waals surface area contributed by atoms with Crippen LogP contribution in [0, 0.1) is 56.2 Å². The summed E-state index contributed by atoms with van der Waals surface area (Å²) >= 11 is 0. The number of rotatable bonds is 7. The van der Waals surface area contributed by atoms with Gasteiger partial charge in [-0.2, -0.15) is 0 Å². The van der Waals surface area contributed by atoms with Crippen LogP contribution >= 0.6 is 0 Å². The van der Waals surface area contributed by atoms with Gasteiger partial charge in [-0.05, 0) is 89.8 Å². The van der Waals surface area contributed by atoms with Crippen molar-refractivity contribution in [3.05, 3.63) is 12.2 Å². The lowest BCUT2D eigenvalue weighted by molar-refractivity contribution is -0.329. The van der Waals surface area contributed by atoms with Crippen molar-refractivity contribution < 1.29 is 79.2 Å². The molecule has 2 heterocycles. The number of hydrogen-bond donors (Lipinski definition) is 9. The normalized spacial score (nSPS) is 53.1. The monoisotopic (exact) mass is 854 g/mol. The van der Waals surface area contributed by atoms with Crippen molar-refractivity contribution >= 4 is 11.9 Å². The minimum Gasteiger partial charge on any atom is -0.460 e. The Hall–Kier alpha value is -1.80. The lowest BCUT2D eigenvalue weighted by Crippen LogP contribution is -2.70. The maximum atomic E-state index is 14.9. The lowest BCUT2D eigenvalue weighted by Gasteiger charge is -2.72. The van der Waals surface area contributed by atoms with E-state index >= 15 is 0 Å². The van der Waals surface area contributed by atoms with Crippen LogP contribution in [0.1, 0.15) is 100 Å². The number of carbonyl (C=O) groups is 2. The number of aliphatic hydroxyl groups excluding tert-OH is 9. The molecule has 21 atom stereocenters. The van der Waals surface area contributed by atoms with E-state index in [-0.39, 0.29) is 28.6 Å². The summed E-state index contributed by atoms with van der Waals surface area (Å²) in [4.78, 5) is 27.1. The molecular weight excluding hydrogens is 784 g/mol. The van der Waals surface area contributed by atoms with Crippen molar-refractivity contribution in [2.75, 3.05) is 13.2 Å². The molecule has 9 N–H and O–H groups in total. The number of carbonyl (C=O) groups excluding carboxylic acids is 2. The molecule has 0 radical (unpaired) electrons. The Labute approximate surface area is 352 Å². The number of ether oxygens (including phenoxy) is 5. The average Bonchev–Trinajstić information content (AvgIpc) is 3.17. The molecule has 2 saturated heterocycles. The van der Waals surface area contributed by atoms with Crippen LogP contribution in [-0.4, -0.2) is 151 Å². The molecule has 0 aromatic rings. The fourth-order valence-electron chi connectivity index (χ4n) is 13.9. The summed E-state index contributed by atoms with van der Waals surface area (Å²) < 4.78 is 28.7. The van der Waals surface area contributed by atoms with Crippen LogP contribution in [0.15, 0.2) is 12.2 Å². The fraction of sp³-hybridized carbons (Fsp3) is 0.909. The standard InChI is InChI=1S/C44H70O16/c1-20(46)57-22-17-41(6)25(40(4,5)34(22)53)11-12-43(8)26(41)10-9-21-27-35(54)39(2,3)13-15-44(27,16-14-42(21,43)7)38(55)60-37-33(52)31(50)29(48)24(59-37)19-56-36-32(51)30(49)28(47)23(18-45)58-36/h9-10,21-37,45,47-54H,11-19H2,1-8H3. The first-order valence-corrected chi connectivity index (χ1v) is 21.9. The highest BCUT2D eigenvalue weighted by Crippen LogP contribution is 2.75. The van der Waals surface area contributed by atoms with Crippen LogP contribution in [-0.2, 0) is 33.3 Å². The topological polar surface area (TPSA) is 262 Å². The Bertz CT molecular complexity index is 1650. The van der Waals surface area contributed by atoms with Crippen molar-refractivity contribution in [3.63, 3.8) is 0 Å². The highest BCUT2D eigenvalue weighted by Gasteiger charge is 2.73. The van der Waals surface area contributed by atoms with E-state index in [1.165, 1.54) is 6.92 Å². The zero-order chi connectivity index (χ0) is 44.3. The number of aliphatic hydroxyl groups is 9. The summed E-state index contributed by atoms with van der Waals surface area (Å²) in [7, 11) is 0. The number of esters is 2. The molecule has 4 saturated carbocycles. The van der Waals surface area contributed by atoms with Gasteiger partial charge in [0.05, 0.1) is 30.8 Å². The van der Waals surface area contributed by atoms with Crippen LogP contribution < -0.4 is 0 Å². The van der Waals surface area contributed by atoms with Gasteiger partial charge in [0.15, 0.2) is 6.29 Å². The first-order chi connectivity index (χ1) is 27.8. The molecule has 0 spiro atoms. The zero-order valence-electron chi connectivity index (χ0n) is 36.2. The molecule has 0 bridgehead atoms. The van der Waals surface area contributed by atoms with Gasteiger partial charge in [0.25, 0.3) is 0 Å². The van der Waals surface area contributed by atoms with Gasteiger partial charge in [-0.1, -0.05) is 60.6 Å². The Morgan fingerprint density at radius 1 is 0.683 bits per heavy atom. The minimum absolute atomic E-state index is 0.0314. The Balaban J connectivity index is 1.16. The van der Waals surface area contributed by atoms with Crippen LogP contribution in [0.4, 0.5) is 0 Å². The van der Waals surface area contributed by atoms with Crippen molar-refractivity contribution in [2.45, 2.75) is 180 Å². The summed E-state index contributed by atoms with van der Waals surface area (Å²) in [6, 6.07) is 0. The van der Waals surface area contributed by atoms with Crippen LogP contribution in [0.2, 0.25) is 0 Å². The molecular formula is C44H70O16. The number of allylic oxidation sites excluding steroid dienone is 2. The average molecular weight is 855 g/mol. The van der Waals surface area contributed by atoms with E-state index in [1.807, 2.05) is 13.8 Å². The summed E-state index contributed by atoms with van der Waals surface area (Å²) in [5.41, 5.74) is -3.37. The molecule has 6 fully saturated rings. The number of fused-ring (bicyclic) bond motifs is 7. The van der Waals surface area contributed by atoms with Gasteiger partial charge in [0.2, 0.25) is 6.29 Å². The minimum atomic E-state index is -1.86. The lowest BCUT2D eigenvalue weighted by atomic mass is 9.32. The van der Waals surface area contributed by atoms with Crippen molar-refractivity contribution in [3.8, 4) is 0 Å². The van der Waals surface area contributed by atoms with E-state index in [0.717, 1.165) is 12.8 Å². The van der Waals surface area contributed by atoms with E-state index < -0.39 is 132 Å². The second kappa shape index (κ2) is 15.7. The Morgan fingerprint density at radius 2 is 1.28 bits per heavy atom. The van der Waals surface area contributed by atoms with Gasteiger partial charge in [-0.15, -0.1) is 0 Å². The van der Waals surface area contributed by atoms with Gasteiger partial charge in [0, 0.05) is 12.8 Å². The summed E-state index contributed by atoms with van der Waals surface area (Å²) in [5.74, 6) is -1.84. The third kappa shape index (κ3) is 6.84. The molecule has 0 aromatic heterocycles. The molecule has 0 amide bonds. The smallest absolute Gasteiger partial charge is 0.314 e. The first kappa shape index (κ1) is 46.2.